The zero-order valence-electron chi connectivity index (χ0n) is 12.9. The minimum absolute atomic E-state index is 0.143. The van der Waals surface area contributed by atoms with Crippen LogP contribution in [0.25, 0.3) is 0 Å². The first-order chi connectivity index (χ1) is 10.2. The van der Waals surface area contributed by atoms with E-state index < -0.39 is 0 Å². The number of nitrogens with zero attached hydrogens (tertiary/aromatic N) is 1. The van der Waals surface area contributed by atoms with Gasteiger partial charge in [0.2, 0.25) is 0 Å². The Hall–Kier alpha value is -0.490. The molecule has 2 heterocycles. The maximum Gasteiger partial charge on any atom is 0.0877 e. The maximum absolute atomic E-state index is 5.97. The first-order valence-corrected chi connectivity index (χ1v) is 8.45. The molecule has 1 aromatic rings. The van der Waals surface area contributed by atoms with Crippen LogP contribution in [0.2, 0.25) is 0 Å². The molecule has 1 aliphatic heterocycles. The van der Waals surface area contributed by atoms with Crippen molar-refractivity contribution in [2.45, 2.75) is 44.2 Å². The van der Waals surface area contributed by atoms with E-state index in [1.807, 2.05) is 19.5 Å². The molecule has 2 rings (SSSR count). The molecule has 1 aromatic heterocycles. The van der Waals surface area contributed by atoms with Crippen LogP contribution in [0.15, 0.2) is 22.9 Å². The van der Waals surface area contributed by atoms with Crippen molar-refractivity contribution < 1.29 is 9.47 Å². The first kappa shape index (κ1) is 16.9. The molecule has 0 aromatic carbocycles. The molecule has 4 nitrogen and oxygen atoms in total. The van der Waals surface area contributed by atoms with Crippen LogP contribution in [-0.2, 0) is 15.9 Å². The lowest BCUT2D eigenvalue weighted by Gasteiger charge is -2.43. The molecule has 0 amide bonds. The Balaban J connectivity index is 2.16. The summed E-state index contributed by atoms with van der Waals surface area (Å²) >= 11 is 3.50. The van der Waals surface area contributed by atoms with Gasteiger partial charge in [-0.15, -0.1) is 0 Å². The predicted octanol–water partition coefficient (Wildman–Crippen LogP) is 2.95. The van der Waals surface area contributed by atoms with E-state index in [2.05, 4.69) is 39.2 Å². The third kappa shape index (κ3) is 4.49. The van der Waals surface area contributed by atoms with Crippen LogP contribution in [0.1, 0.15) is 31.7 Å². The normalized spacial score (nSPS) is 19.4. The topological polar surface area (TPSA) is 43.4 Å². The van der Waals surface area contributed by atoms with E-state index in [4.69, 9.17) is 9.47 Å². The number of halogens is 1. The van der Waals surface area contributed by atoms with E-state index in [9.17, 15) is 0 Å². The highest BCUT2D eigenvalue weighted by molar-refractivity contribution is 9.10. The van der Waals surface area contributed by atoms with Crippen molar-refractivity contribution in [1.29, 1.82) is 0 Å². The monoisotopic (exact) mass is 356 g/mol. The largest absolute Gasteiger partial charge is 0.381 e. The average Bonchev–Trinajstić information content (AvgIpc) is 2.52. The molecule has 0 saturated carbocycles. The molecule has 1 N–H and O–H groups in total. The Morgan fingerprint density at radius 2 is 2.19 bits per heavy atom. The van der Waals surface area contributed by atoms with E-state index in [-0.39, 0.29) is 11.6 Å². The summed E-state index contributed by atoms with van der Waals surface area (Å²) in [6.45, 7) is 4.73. The number of hydrogen-bond acceptors (Lipinski definition) is 4. The molecular weight excluding hydrogens is 332 g/mol. The summed E-state index contributed by atoms with van der Waals surface area (Å²) in [5.74, 6) is 0. The summed E-state index contributed by atoms with van der Waals surface area (Å²) in [6, 6.07) is 2.42. The summed E-state index contributed by atoms with van der Waals surface area (Å²) in [5, 5.41) is 3.68. The van der Waals surface area contributed by atoms with Gasteiger partial charge in [-0.2, -0.15) is 0 Å². The van der Waals surface area contributed by atoms with Crippen LogP contribution in [-0.4, -0.2) is 43.5 Å². The van der Waals surface area contributed by atoms with Crippen LogP contribution in [0.4, 0.5) is 0 Å². The van der Waals surface area contributed by atoms with Crippen molar-refractivity contribution >= 4 is 15.9 Å². The molecule has 118 valence electrons. The Morgan fingerprint density at radius 3 is 2.81 bits per heavy atom. The molecule has 1 atom stereocenters. The summed E-state index contributed by atoms with van der Waals surface area (Å²) < 4.78 is 12.5. The molecule has 1 saturated heterocycles. The molecule has 0 aliphatic carbocycles. The van der Waals surface area contributed by atoms with Gasteiger partial charge in [-0.25, -0.2) is 0 Å². The van der Waals surface area contributed by atoms with Gasteiger partial charge in [-0.05, 0) is 46.9 Å². The molecule has 1 fully saturated rings. The number of methoxy groups -OCH3 is 1. The third-order valence-corrected chi connectivity index (χ3v) is 4.66. The minimum Gasteiger partial charge on any atom is -0.381 e. The van der Waals surface area contributed by atoms with Crippen molar-refractivity contribution in [3.05, 3.63) is 28.5 Å². The van der Waals surface area contributed by atoms with Gasteiger partial charge in [0, 0.05) is 56.1 Å². The molecule has 21 heavy (non-hydrogen) atoms. The van der Waals surface area contributed by atoms with Gasteiger partial charge in [-0.1, -0.05) is 6.92 Å². The van der Waals surface area contributed by atoms with Crippen molar-refractivity contribution in [3.8, 4) is 0 Å². The van der Waals surface area contributed by atoms with E-state index in [0.29, 0.717) is 0 Å². The van der Waals surface area contributed by atoms with Crippen LogP contribution in [0.5, 0.6) is 0 Å². The quantitative estimate of drug-likeness (QED) is 0.815. The lowest BCUT2D eigenvalue weighted by Crippen LogP contribution is -2.56. The smallest absolute Gasteiger partial charge is 0.0877 e. The summed E-state index contributed by atoms with van der Waals surface area (Å²) in [5.41, 5.74) is 1.08. The van der Waals surface area contributed by atoms with Crippen LogP contribution in [0, 0.1) is 0 Å². The van der Waals surface area contributed by atoms with Gasteiger partial charge in [0.05, 0.1) is 5.60 Å². The van der Waals surface area contributed by atoms with E-state index in [0.717, 1.165) is 49.9 Å². The fraction of sp³-hybridized carbons (Fsp3) is 0.688. The second kappa shape index (κ2) is 8.22. The van der Waals surface area contributed by atoms with Gasteiger partial charge < -0.3 is 14.8 Å². The first-order valence-electron chi connectivity index (χ1n) is 7.66. The molecule has 0 bridgehead atoms. The number of hydrogen-bond donors (Lipinski definition) is 1. The summed E-state index contributed by atoms with van der Waals surface area (Å²) in [7, 11) is 1.82. The highest BCUT2D eigenvalue weighted by atomic mass is 79.9. The van der Waals surface area contributed by atoms with E-state index in [1.165, 1.54) is 5.56 Å². The van der Waals surface area contributed by atoms with Crippen LogP contribution >= 0.6 is 15.9 Å². The van der Waals surface area contributed by atoms with Crippen LogP contribution < -0.4 is 5.32 Å². The lowest BCUT2D eigenvalue weighted by atomic mass is 9.82. The molecule has 0 radical (unpaired) electrons. The van der Waals surface area contributed by atoms with Crippen LogP contribution in [0.3, 0.4) is 0 Å². The second-order valence-corrected chi connectivity index (χ2v) is 6.52. The number of aromatic nitrogens is 1. The average molecular weight is 357 g/mol. The summed E-state index contributed by atoms with van der Waals surface area (Å²) in [4.78, 5) is 4.27. The van der Waals surface area contributed by atoms with Gasteiger partial charge in [0.15, 0.2) is 0 Å². The number of ether oxygens (including phenoxy) is 2. The highest BCUT2D eigenvalue weighted by Crippen LogP contribution is 2.30. The van der Waals surface area contributed by atoms with Crippen molar-refractivity contribution in [2.24, 2.45) is 0 Å². The fourth-order valence-corrected chi connectivity index (χ4v) is 3.39. The van der Waals surface area contributed by atoms with Crippen molar-refractivity contribution in [2.75, 3.05) is 26.9 Å². The third-order valence-electron chi connectivity index (χ3n) is 4.22. The Kier molecular flexibility index (Phi) is 6.61. The number of pyridine rings is 1. The highest BCUT2D eigenvalue weighted by Gasteiger charge is 2.40. The lowest BCUT2D eigenvalue weighted by molar-refractivity contribution is -0.110. The Labute approximate surface area is 135 Å². The molecule has 1 unspecified atom stereocenters. The predicted molar refractivity (Wildman–Crippen MR) is 87.5 cm³/mol. The van der Waals surface area contributed by atoms with Gasteiger partial charge >= 0.3 is 0 Å². The fourth-order valence-electron chi connectivity index (χ4n) is 2.98. The Bertz CT molecular complexity index is 436. The van der Waals surface area contributed by atoms with Gasteiger partial charge in [0.1, 0.15) is 0 Å². The molecule has 5 heteroatoms. The maximum atomic E-state index is 5.97. The second-order valence-electron chi connectivity index (χ2n) is 5.60. The number of rotatable bonds is 7. The van der Waals surface area contributed by atoms with Crippen molar-refractivity contribution in [3.63, 3.8) is 0 Å². The zero-order chi connectivity index (χ0) is 15.1. The van der Waals surface area contributed by atoms with E-state index >= 15 is 0 Å². The molecular formula is C16H25BrN2O2. The SMILES string of the molecule is CCCNC(Cc1cncc(Br)c1)C1(OC)CCOCC1. The standard InChI is InChI=1S/C16H25BrN2O2/c1-3-6-19-15(10-13-9-14(17)12-18-11-13)16(20-2)4-7-21-8-5-16/h9,11-12,15,19H,3-8,10H2,1-2H3. The summed E-state index contributed by atoms with van der Waals surface area (Å²) in [6.07, 6.45) is 7.66. The van der Waals surface area contributed by atoms with Gasteiger partial charge in [-0.3, -0.25) is 4.98 Å². The molecule has 0 spiro atoms. The van der Waals surface area contributed by atoms with Crippen molar-refractivity contribution in [1.82, 2.24) is 10.3 Å². The van der Waals surface area contributed by atoms with E-state index in [1.54, 1.807) is 0 Å². The minimum atomic E-state index is -0.143. The zero-order valence-corrected chi connectivity index (χ0v) is 14.5. The van der Waals surface area contributed by atoms with Gasteiger partial charge in [0.25, 0.3) is 0 Å². The molecule has 1 aliphatic rings. The number of nitrogens with one attached hydrogen (secondary N) is 1. The Morgan fingerprint density at radius 1 is 1.43 bits per heavy atom.